The number of hydrogen-bond donors (Lipinski definition) is 1. The minimum atomic E-state index is -2.67. The van der Waals surface area contributed by atoms with Gasteiger partial charge in [0.05, 0.1) is 25.4 Å². The minimum Gasteiger partial charge on any atom is -0.407 e. The van der Waals surface area contributed by atoms with Crippen LogP contribution in [0, 0.1) is 17.8 Å². The van der Waals surface area contributed by atoms with E-state index in [2.05, 4.69) is 120 Å². The van der Waals surface area contributed by atoms with E-state index < -0.39 is 14.4 Å². The van der Waals surface area contributed by atoms with Gasteiger partial charge in [-0.15, -0.1) is 0 Å². The lowest BCUT2D eigenvalue weighted by Crippen LogP contribution is -2.67. The molecule has 0 radical (unpaired) electrons. The van der Waals surface area contributed by atoms with Gasteiger partial charge in [-0.1, -0.05) is 139 Å². The maximum Gasteiger partial charge on any atom is 0.261 e. The Morgan fingerprint density at radius 3 is 1.76 bits per heavy atom. The normalized spacial score (nSPS) is 16.5. The lowest BCUT2D eigenvalue weighted by atomic mass is 9.89. The van der Waals surface area contributed by atoms with Crippen molar-refractivity contribution >= 4 is 18.7 Å². The first-order chi connectivity index (χ1) is 20.0. The van der Waals surface area contributed by atoms with E-state index in [0.717, 1.165) is 5.57 Å². The van der Waals surface area contributed by atoms with Crippen LogP contribution >= 0.6 is 0 Å². The average Bonchev–Trinajstić information content (AvgIpc) is 2.98. The fraction of sp³-hybridized carbons (Fsp3) is 0.459. The van der Waals surface area contributed by atoms with Crippen LogP contribution in [0.2, 0.25) is 5.04 Å². The average molecular weight is 589 g/mol. The van der Waals surface area contributed by atoms with Gasteiger partial charge in [-0.3, -0.25) is 0 Å². The number of ether oxygens (including phenoxy) is 2. The predicted molar refractivity (Wildman–Crippen MR) is 178 cm³/mol. The van der Waals surface area contributed by atoms with Gasteiger partial charge in [0.1, 0.15) is 0 Å². The molecule has 0 aliphatic carbocycles. The molecule has 0 heterocycles. The third-order valence-electron chi connectivity index (χ3n) is 8.35. The second-order valence-electron chi connectivity index (χ2n) is 12.8. The molecule has 0 bridgehead atoms. The van der Waals surface area contributed by atoms with Gasteiger partial charge in [0, 0.05) is 31.5 Å². The number of aliphatic hydroxyl groups excluding tert-OH is 1. The summed E-state index contributed by atoms with van der Waals surface area (Å²) in [6, 6.07) is 31.5. The van der Waals surface area contributed by atoms with E-state index in [1.54, 1.807) is 7.11 Å². The smallest absolute Gasteiger partial charge is 0.261 e. The van der Waals surface area contributed by atoms with Crippen molar-refractivity contribution in [3.8, 4) is 0 Å². The highest BCUT2D eigenvalue weighted by Gasteiger charge is 2.50. The Labute approximate surface area is 255 Å². The molecule has 3 aromatic carbocycles. The monoisotopic (exact) mass is 588 g/mol. The van der Waals surface area contributed by atoms with Crippen molar-refractivity contribution in [3.05, 3.63) is 108 Å². The number of rotatable bonds is 15. The zero-order valence-electron chi connectivity index (χ0n) is 26.9. The molecule has 4 nitrogen and oxygen atoms in total. The SMILES string of the molecule is CO[C@H]([C@H](C)/C=C(\C)C(O)[C@@H](C)CO[Si](c1ccccc1)(c1ccccc1)C(C)(C)C)[C@@H](C)COCc1ccccc1. The predicted octanol–water partition coefficient (Wildman–Crippen LogP) is 7.01. The van der Waals surface area contributed by atoms with E-state index in [0.29, 0.717) is 19.8 Å². The molecule has 0 aromatic heterocycles. The van der Waals surface area contributed by atoms with Crippen molar-refractivity contribution in [3.63, 3.8) is 0 Å². The Hall–Kier alpha value is -2.54. The Morgan fingerprint density at radius 2 is 1.29 bits per heavy atom. The summed E-state index contributed by atoms with van der Waals surface area (Å²) in [5, 5.41) is 13.8. The van der Waals surface area contributed by atoms with Gasteiger partial charge >= 0.3 is 0 Å². The van der Waals surface area contributed by atoms with Crippen molar-refractivity contribution in [2.75, 3.05) is 20.3 Å². The van der Waals surface area contributed by atoms with Crippen LogP contribution in [0.4, 0.5) is 0 Å². The summed E-state index contributed by atoms with van der Waals surface area (Å²) >= 11 is 0. The van der Waals surface area contributed by atoms with Crippen molar-refractivity contribution < 1.29 is 19.0 Å². The van der Waals surface area contributed by atoms with Gasteiger partial charge in [-0.2, -0.15) is 0 Å². The lowest BCUT2D eigenvalue weighted by molar-refractivity contribution is -0.0137. The topological polar surface area (TPSA) is 47.9 Å². The summed E-state index contributed by atoms with van der Waals surface area (Å²) < 4.78 is 19.0. The number of hydrogen-bond acceptors (Lipinski definition) is 4. The summed E-state index contributed by atoms with van der Waals surface area (Å²) in [5.74, 6) is 0.235. The summed E-state index contributed by atoms with van der Waals surface area (Å²) in [7, 11) is -0.907. The van der Waals surface area contributed by atoms with E-state index >= 15 is 0 Å². The second kappa shape index (κ2) is 15.8. The third kappa shape index (κ3) is 8.52. The highest BCUT2D eigenvalue weighted by atomic mass is 28.4. The summed E-state index contributed by atoms with van der Waals surface area (Å²) in [6.07, 6.45) is 1.52. The molecule has 42 heavy (non-hydrogen) atoms. The molecule has 0 amide bonds. The summed E-state index contributed by atoms with van der Waals surface area (Å²) in [4.78, 5) is 0. The molecule has 0 fully saturated rings. The van der Waals surface area contributed by atoms with Gasteiger partial charge < -0.3 is 19.0 Å². The Balaban J connectivity index is 1.71. The molecule has 1 N–H and O–H groups in total. The van der Waals surface area contributed by atoms with E-state index in [4.69, 9.17) is 13.9 Å². The van der Waals surface area contributed by atoms with Crippen LogP contribution in [0.3, 0.4) is 0 Å². The van der Waals surface area contributed by atoms with Crippen molar-refractivity contribution in [1.82, 2.24) is 0 Å². The number of methoxy groups -OCH3 is 1. The van der Waals surface area contributed by atoms with E-state index in [9.17, 15) is 5.11 Å². The lowest BCUT2D eigenvalue weighted by Gasteiger charge is -2.43. The molecule has 228 valence electrons. The zero-order valence-corrected chi connectivity index (χ0v) is 27.9. The van der Waals surface area contributed by atoms with Gasteiger partial charge in [0.2, 0.25) is 0 Å². The Morgan fingerprint density at radius 1 is 0.786 bits per heavy atom. The van der Waals surface area contributed by atoms with Crippen LogP contribution in [-0.4, -0.2) is 46.0 Å². The molecular formula is C37H52O4Si. The molecule has 1 unspecified atom stereocenters. The number of aliphatic hydroxyl groups is 1. The Bertz CT molecular complexity index is 1170. The van der Waals surface area contributed by atoms with Crippen LogP contribution < -0.4 is 10.4 Å². The summed E-state index contributed by atoms with van der Waals surface area (Å²) in [6.45, 7) is 16.9. The van der Waals surface area contributed by atoms with Gasteiger partial charge in [0.15, 0.2) is 0 Å². The molecular weight excluding hydrogens is 536 g/mol. The van der Waals surface area contributed by atoms with Crippen LogP contribution in [-0.2, 0) is 20.5 Å². The van der Waals surface area contributed by atoms with Crippen molar-refractivity contribution in [2.45, 2.75) is 72.3 Å². The van der Waals surface area contributed by atoms with Crippen molar-refractivity contribution in [1.29, 1.82) is 0 Å². The first-order valence-electron chi connectivity index (χ1n) is 15.3. The molecule has 0 aliphatic heterocycles. The van der Waals surface area contributed by atoms with Crippen LogP contribution in [0.15, 0.2) is 103 Å². The standard InChI is InChI=1S/C37H52O4Si/c1-28(24-29(2)36(39-8)31(4)25-40-27-32-18-12-9-13-19-32)35(38)30(3)26-41-42(37(5,6)7,33-20-14-10-15-21-33)34-22-16-11-17-23-34/h9-24,29-31,35-36,38H,25-27H2,1-8H3/b28-24+/t29-,30+,31+,35?,36-/m1/s1. The van der Waals surface area contributed by atoms with Gasteiger partial charge in [-0.25, -0.2) is 0 Å². The van der Waals surface area contributed by atoms with Crippen molar-refractivity contribution in [2.24, 2.45) is 17.8 Å². The van der Waals surface area contributed by atoms with Gasteiger partial charge in [0.25, 0.3) is 8.32 Å². The number of benzene rings is 3. The maximum absolute atomic E-state index is 11.4. The van der Waals surface area contributed by atoms with E-state index in [-0.39, 0.29) is 28.9 Å². The Kier molecular flexibility index (Phi) is 12.8. The quantitative estimate of drug-likeness (QED) is 0.153. The van der Waals surface area contributed by atoms with E-state index in [1.807, 2.05) is 25.1 Å². The fourth-order valence-electron chi connectivity index (χ4n) is 6.16. The largest absolute Gasteiger partial charge is 0.407 e. The molecule has 0 spiro atoms. The highest BCUT2D eigenvalue weighted by molar-refractivity contribution is 6.99. The first-order valence-corrected chi connectivity index (χ1v) is 17.2. The summed E-state index contributed by atoms with van der Waals surface area (Å²) in [5.41, 5.74) is 2.11. The van der Waals surface area contributed by atoms with E-state index in [1.165, 1.54) is 15.9 Å². The molecule has 3 aromatic rings. The molecule has 3 rings (SSSR count). The molecule has 0 aliphatic rings. The molecule has 0 saturated heterocycles. The second-order valence-corrected chi connectivity index (χ2v) is 17.2. The van der Waals surface area contributed by atoms with Gasteiger partial charge in [-0.05, 0) is 33.5 Å². The van der Waals surface area contributed by atoms with Crippen LogP contribution in [0.1, 0.15) is 54.0 Å². The first kappa shape index (κ1) is 34.0. The third-order valence-corrected chi connectivity index (χ3v) is 13.4. The highest BCUT2D eigenvalue weighted by Crippen LogP contribution is 2.37. The fourth-order valence-corrected chi connectivity index (χ4v) is 10.8. The molecule has 0 saturated carbocycles. The maximum atomic E-state index is 11.4. The van der Waals surface area contributed by atoms with Crippen LogP contribution in [0.5, 0.6) is 0 Å². The van der Waals surface area contributed by atoms with Crippen LogP contribution in [0.25, 0.3) is 0 Å². The zero-order chi connectivity index (χ0) is 30.8. The molecule has 5 atom stereocenters. The minimum absolute atomic E-state index is 0.0217. The molecule has 5 heteroatoms.